The number of hydrogen-bond acceptors (Lipinski definition) is 8. The number of fused-ring (bicyclic) bond motifs is 9. The van der Waals surface area contributed by atoms with Crippen molar-refractivity contribution in [2.75, 3.05) is 7.11 Å². The molecule has 2 saturated carbocycles. The number of cyclic esters (lactones) is 2. The molecular formula is C20H17NO5S3. The Morgan fingerprint density at radius 3 is 2.76 bits per heavy atom. The van der Waals surface area contributed by atoms with E-state index in [1.54, 1.807) is 29.2 Å². The van der Waals surface area contributed by atoms with Crippen LogP contribution in [0.25, 0.3) is 0 Å². The summed E-state index contributed by atoms with van der Waals surface area (Å²) in [6.45, 7) is 0. The Labute approximate surface area is 179 Å². The van der Waals surface area contributed by atoms with Crippen LogP contribution in [0.5, 0.6) is 11.5 Å². The van der Waals surface area contributed by atoms with Crippen molar-refractivity contribution in [3.05, 3.63) is 32.6 Å². The largest absolute Gasteiger partial charge is 0.504 e. The molecule has 1 saturated heterocycles. The first kappa shape index (κ1) is 18.0. The number of carbonyl (C=O) groups is 2. The number of methoxy groups -OCH3 is 1. The summed E-state index contributed by atoms with van der Waals surface area (Å²) in [6.07, 6.45) is 0.875. The zero-order valence-corrected chi connectivity index (χ0v) is 17.7. The second-order valence-corrected chi connectivity index (χ2v) is 11.0. The number of rotatable bonds is 2. The van der Waals surface area contributed by atoms with Crippen LogP contribution in [0, 0.1) is 33.5 Å². The van der Waals surface area contributed by atoms with Crippen molar-refractivity contribution in [3.63, 3.8) is 0 Å². The molecule has 3 fully saturated rings. The third kappa shape index (κ3) is 2.32. The van der Waals surface area contributed by atoms with E-state index in [2.05, 4.69) is 4.98 Å². The van der Waals surface area contributed by atoms with Crippen LogP contribution in [0.3, 0.4) is 0 Å². The zero-order valence-electron chi connectivity index (χ0n) is 15.3. The van der Waals surface area contributed by atoms with Crippen molar-refractivity contribution >= 4 is 47.3 Å². The summed E-state index contributed by atoms with van der Waals surface area (Å²) in [5, 5.41) is 11.3. The maximum atomic E-state index is 12.4. The van der Waals surface area contributed by atoms with Crippen molar-refractivity contribution in [2.24, 2.45) is 29.6 Å². The topological polar surface area (TPSA) is 88.6 Å². The van der Waals surface area contributed by atoms with Crippen LogP contribution in [-0.4, -0.2) is 34.4 Å². The Balaban J connectivity index is 1.52. The van der Waals surface area contributed by atoms with Crippen LogP contribution >= 0.6 is 35.3 Å². The van der Waals surface area contributed by atoms with E-state index in [4.69, 9.17) is 21.7 Å². The molecule has 9 heteroatoms. The van der Waals surface area contributed by atoms with Crippen molar-refractivity contribution < 1.29 is 24.2 Å². The van der Waals surface area contributed by atoms with E-state index in [1.165, 1.54) is 7.11 Å². The number of nitrogens with one attached hydrogen (secondary N) is 1. The summed E-state index contributed by atoms with van der Waals surface area (Å²) in [6, 6.07) is 5.45. The standard InChI is InChI=1S/C20H17NO5S3/c1-25-10-4-6(2-3-9(10)22)11-12-7-5-8(14-13(7)18(23)26-19(14)24)15(12)28-17-16(11)29-20(27)21-17/h2-4,7-8,11-15,22H,5H2,1H3,(H,21,27). The number of H-pyrrole nitrogens is 1. The van der Waals surface area contributed by atoms with Crippen LogP contribution in [-0.2, 0) is 14.3 Å². The number of aromatic amines is 1. The molecule has 2 N–H and O–H groups in total. The minimum absolute atomic E-state index is 0.0307. The van der Waals surface area contributed by atoms with Gasteiger partial charge in [-0.15, -0.1) is 23.1 Å². The second kappa shape index (κ2) is 6.09. The minimum Gasteiger partial charge on any atom is -0.504 e. The van der Waals surface area contributed by atoms with E-state index in [1.807, 2.05) is 12.1 Å². The van der Waals surface area contributed by atoms with Gasteiger partial charge < -0.3 is 19.6 Å². The predicted octanol–water partition coefficient (Wildman–Crippen LogP) is 3.71. The monoisotopic (exact) mass is 447 g/mol. The van der Waals surface area contributed by atoms with Crippen molar-refractivity contribution in [1.29, 1.82) is 0 Å². The normalized spacial score (nSPS) is 36.5. The lowest BCUT2D eigenvalue weighted by Crippen LogP contribution is -2.42. The van der Waals surface area contributed by atoms with Crippen LogP contribution in [0.15, 0.2) is 23.2 Å². The van der Waals surface area contributed by atoms with Crippen molar-refractivity contribution in [2.45, 2.75) is 22.6 Å². The second-order valence-electron chi connectivity index (χ2n) is 8.13. The molecule has 0 spiro atoms. The first-order chi connectivity index (χ1) is 14.0. The number of ether oxygens (including phenoxy) is 2. The van der Waals surface area contributed by atoms with Gasteiger partial charge in [0.15, 0.2) is 15.5 Å². The summed E-state index contributed by atoms with van der Waals surface area (Å²) in [5.74, 6) is -0.346. The lowest BCUT2D eigenvalue weighted by molar-refractivity contribution is -0.154. The van der Waals surface area contributed by atoms with Crippen LogP contribution in [0.2, 0.25) is 0 Å². The Kier molecular flexibility index (Phi) is 3.77. The SMILES string of the molecule is COc1cc(C2c3sc(=S)[nH]c3SC3C4CC(C5C(=O)OC(=O)C45)C23)ccc1O. The molecule has 7 unspecified atom stereocenters. The molecule has 7 atom stereocenters. The Morgan fingerprint density at radius 2 is 2.00 bits per heavy atom. The van der Waals surface area contributed by atoms with E-state index in [0.29, 0.717) is 5.75 Å². The number of phenolic OH excluding ortho intramolecular Hbond substituents is 1. The minimum atomic E-state index is -0.356. The van der Waals surface area contributed by atoms with Crippen LogP contribution < -0.4 is 4.74 Å². The fourth-order valence-electron chi connectivity index (χ4n) is 6.08. The number of aromatic nitrogens is 1. The number of aromatic hydroxyl groups is 1. The molecule has 2 bridgehead atoms. The quantitative estimate of drug-likeness (QED) is 0.412. The molecule has 6 rings (SSSR count). The van der Waals surface area contributed by atoms with Gasteiger partial charge in [0.1, 0.15) is 0 Å². The molecule has 2 aliphatic carbocycles. The smallest absolute Gasteiger partial charge is 0.317 e. The number of esters is 2. The van der Waals surface area contributed by atoms with Gasteiger partial charge in [-0.3, -0.25) is 9.59 Å². The van der Waals surface area contributed by atoms with Crippen molar-refractivity contribution in [1.82, 2.24) is 4.98 Å². The van der Waals surface area contributed by atoms with Gasteiger partial charge in [-0.2, -0.15) is 0 Å². The fraction of sp³-hybridized carbons (Fsp3) is 0.450. The number of benzene rings is 1. The summed E-state index contributed by atoms with van der Waals surface area (Å²) >= 11 is 8.76. The number of hydrogen-bond donors (Lipinski definition) is 2. The molecule has 150 valence electrons. The van der Waals surface area contributed by atoms with E-state index >= 15 is 0 Å². The molecule has 29 heavy (non-hydrogen) atoms. The first-order valence-corrected chi connectivity index (χ1v) is 11.6. The van der Waals surface area contributed by atoms with E-state index in [9.17, 15) is 14.7 Å². The molecule has 1 aromatic heterocycles. The molecular weight excluding hydrogens is 430 g/mol. The van der Waals surface area contributed by atoms with Crippen molar-refractivity contribution in [3.8, 4) is 11.5 Å². The average Bonchev–Trinajstić information content (AvgIpc) is 3.41. The van der Waals surface area contributed by atoms with Crippen LogP contribution in [0.4, 0.5) is 0 Å². The van der Waals surface area contributed by atoms with Gasteiger partial charge in [-0.25, -0.2) is 0 Å². The number of thiazole rings is 1. The molecule has 6 nitrogen and oxygen atoms in total. The Bertz CT molecular complexity index is 1120. The zero-order chi connectivity index (χ0) is 20.0. The highest BCUT2D eigenvalue weighted by molar-refractivity contribution is 8.00. The number of thioether (sulfide) groups is 1. The number of carbonyl (C=O) groups excluding carboxylic acids is 2. The Morgan fingerprint density at radius 1 is 1.24 bits per heavy atom. The molecule has 2 aromatic rings. The van der Waals surface area contributed by atoms with Gasteiger partial charge >= 0.3 is 11.9 Å². The van der Waals surface area contributed by atoms with E-state index in [0.717, 1.165) is 25.8 Å². The van der Waals surface area contributed by atoms with Gasteiger partial charge in [0.25, 0.3) is 0 Å². The lowest BCUT2D eigenvalue weighted by Gasteiger charge is -2.42. The van der Waals surface area contributed by atoms with Crippen LogP contribution in [0.1, 0.15) is 22.8 Å². The molecule has 3 heterocycles. The van der Waals surface area contributed by atoms with Gasteiger partial charge in [0.05, 0.1) is 24.0 Å². The van der Waals surface area contributed by atoms with Gasteiger partial charge in [-0.1, -0.05) is 6.07 Å². The fourth-order valence-corrected chi connectivity index (χ4v) is 9.41. The highest BCUT2D eigenvalue weighted by Crippen LogP contribution is 2.68. The molecule has 0 amide bonds. The summed E-state index contributed by atoms with van der Waals surface area (Å²) in [7, 11) is 1.53. The third-order valence-corrected chi connectivity index (χ3v) is 9.96. The van der Waals surface area contributed by atoms with E-state index < -0.39 is 0 Å². The van der Waals surface area contributed by atoms with Gasteiger partial charge in [0.2, 0.25) is 0 Å². The first-order valence-electron chi connectivity index (χ1n) is 9.50. The van der Waals surface area contributed by atoms with Gasteiger partial charge in [0, 0.05) is 16.0 Å². The van der Waals surface area contributed by atoms with E-state index in [-0.39, 0.29) is 58.4 Å². The maximum absolute atomic E-state index is 12.4. The highest BCUT2D eigenvalue weighted by atomic mass is 32.2. The predicted molar refractivity (Wildman–Crippen MR) is 109 cm³/mol. The highest BCUT2D eigenvalue weighted by Gasteiger charge is 2.69. The number of phenols is 1. The van der Waals surface area contributed by atoms with Gasteiger partial charge in [-0.05, 0) is 54.1 Å². The summed E-state index contributed by atoms with van der Waals surface area (Å²) in [5.41, 5.74) is 1.03. The Hall–Kier alpha value is -1.84. The molecule has 4 aliphatic rings. The molecule has 1 aromatic carbocycles. The summed E-state index contributed by atoms with van der Waals surface area (Å²) < 4.78 is 11.1. The summed E-state index contributed by atoms with van der Waals surface area (Å²) in [4.78, 5) is 29.3. The molecule has 0 radical (unpaired) electrons. The average molecular weight is 448 g/mol. The third-order valence-electron chi connectivity index (χ3n) is 7.02. The maximum Gasteiger partial charge on any atom is 0.317 e. The lowest BCUT2D eigenvalue weighted by atomic mass is 9.68. The molecule has 2 aliphatic heterocycles.